The Bertz CT molecular complexity index is 457. The van der Waals surface area contributed by atoms with Gasteiger partial charge in [0.25, 0.3) is 0 Å². The Balaban J connectivity index is 2.90. The number of amides is 1. The Morgan fingerprint density at radius 3 is 2.30 bits per heavy atom. The molecule has 1 aliphatic rings. The molecule has 1 aliphatic heterocycles. The van der Waals surface area contributed by atoms with E-state index in [0.29, 0.717) is 0 Å². The summed E-state index contributed by atoms with van der Waals surface area (Å²) in [5.74, 6) is 0. The Hall–Kier alpha value is -0.860. The van der Waals surface area contributed by atoms with Crippen molar-refractivity contribution < 1.29 is 23.1 Å². The highest BCUT2D eigenvalue weighted by Gasteiger charge is 2.40. The highest BCUT2D eigenvalue weighted by atomic mass is 32.2. The van der Waals surface area contributed by atoms with Crippen molar-refractivity contribution >= 4 is 16.1 Å². The lowest BCUT2D eigenvalue weighted by Gasteiger charge is -2.44. The van der Waals surface area contributed by atoms with Gasteiger partial charge in [0.2, 0.25) is 10.0 Å². The van der Waals surface area contributed by atoms with Crippen molar-refractivity contribution in [2.45, 2.75) is 45.4 Å². The summed E-state index contributed by atoms with van der Waals surface area (Å²) >= 11 is 0. The van der Waals surface area contributed by atoms with Crippen molar-refractivity contribution in [1.29, 1.82) is 0 Å². The number of hydrogen-bond donors (Lipinski definition) is 1. The second-order valence-electron chi connectivity index (χ2n) is 6.04. The van der Waals surface area contributed by atoms with Crippen LogP contribution in [-0.4, -0.2) is 72.5 Å². The maximum Gasteiger partial charge on any atom is 0.410 e. The van der Waals surface area contributed by atoms with Crippen LogP contribution in [0.3, 0.4) is 0 Å². The lowest BCUT2D eigenvalue weighted by Crippen LogP contribution is -2.62. The first-order chi connectivity index (χ1) is 8.97. The van der Waals surface area contributed by atoms with E-state index in [1.54, 1.807) is 27.7 Å². The fourth-order valence-corrected chi connectivity index (χ4v) is 3.45. The van der Waals surface area contributed by atoms with Gasteiger partial charge < -0.3 is 9.84 Å². The monoisotopic (exact) mass is 308 g/mol. The largest absolute Gasteiger partial charge is 0.444 e. The molecule has 118 valence electrons. The summed E-state index contributed by atoms with van der Waals surface area (Å²) in [5, 5.41) is 9.49. The highest BCUT2D eigenvalue weighted by molar-refractivity contribution is 7.88. The molecule has 20 heavy (non-hydrogen) atoms. The molecular weight excluding hydrogens is 284 g/mol. The van der Waals surface area contributed by atoms with Crippen LogP contribution < -0.4 is 0 Å². The average Bonchev–Trinajstić information content (AvgIpc) is 2.24. The van der Waals surface area contributed by atoms with Crippen molar-refractivity contribution in [2.24, 2.45) is 0 Å². The van der Waals surface area contributed by atoms with Crippen molar-refractivity contribution in [2.75, 3.05) is 26.0 Å². The van der Waals surface area contributed by atoms with Gasteiger partial charge in [0.1, 0.15) is 5.60 Å². The lowest BCUT2D eigenvalue weighted by molar-refractivity contribution is -0.0141. The fourth-order valence-electron chi connectivity index (χ4n) is 2.29. The van der Waals surface area contributed by atoms with Gasteiger partial charge in [-0.3, -0.25) is 4.90 Å². The summed E-state index contributed by atoms with van der Waals surface area (Å²) in [5.41, 5.74) is -0.631. The summed E-state index contributed by atoms with van der Waals surface area (Å²) in [7, 11) is -3.36. The van der Waals surface area contributed by atoms with Gasteiger partial charge >= 0.3 is 6.09 Å². The fraction of sp³-hybridized carbons (Fsp3) is 0.917. The first-order valence-electron chi connectivity index (χ1n) is 6.54. The molecule has 0 bridgehead atoms. The number of carbonyl (C=O) groups is 1. The van der Waals surface area contributed by atoms with E-state index >= 15 is 0 Å². The number of carbonyl (C=O) groups excluding carboxylic acids is 1. The smallest absolute Gasteiger partial charge is 0.410 e. The van der Waals surface area contributed by atoms with Crippen LogP contribution in [0.1, 0.15) is 27.7 Å². The summed E-state index contributed by atoms with van der Waals surface area (Å²) in [6.07, 6.45) is 0.595. The van der Waals surface area contributed by atoms with Crippen LogP contribution in [0.25, 0.3) is 0 Å². The minimum atomic E-state index is -3.36. The van der Waals surface area contributed by atoms with Crippen molar-refractivity contribution in [1.82, 2.24) is 9.21 Å². The predicted octanol–water partition coefficient (Wildman–Crippen LogP) is 0.248. The number of aliphatic hydroxyl groups is 1. The van der Waals surface area contributed by atoms with Crippen LogP contribution in [0.2, 0.25) is 0 Å². The van der Waals surface area contributed by atoms with Crippen LogP contribution in [0.4, 0.5) is 4.79 Å². The molecule has 0 aliphatic carbocycles. The Morgan fingerprint density at radius 2 is 1.90 bits per heavy atom. The van der Waals surface area contributed by atoms with Crippen LogP contribution in [0.5, 0.6) is 0 Å². The summed E-state index contributed by atoms with van der Waals surface area (Å²) < 4.78 is 29.9. The second kappa shape index (κ2) is 5.87. The standard InChI is InChI=1S/C12H24N2O5S/c1-9-10(8-15)13(11(16)19-12(2,3)4)6-7-14(9)20(5,17)18/h9-10,15H,6-8H2,1-5H3/t9-,10+/m1/s1. The number of piperazine rings is 1. The topological polar surface area (TPSA) is 87.2 Å². The Labute approximate surface area is 120 Å². The molecule has 1 saturated heterocycles. The normalized spacial score (nSPS) is 25.6. The highest BCUT2D eigenvalue weighted by Crippen LogP contribution is 2.22. The molecule has 8 heteroatoms. The zero-order valence-corrected chi connectivity index (χ0v) is 13.5. The number of nitrogens with zero attached hydrogens (tertiary/aromatic N) is 2. The zero-order chi connectivity index (χ0) is 15.7. The van der Waals surface area contributed by atoms with E-state index in [9.17, 15) is 18.3 Å². The number of rotatable bonds is 2. The van der Waals surface area contributed by atoms with Crippen molar-refractivity contribution in [3.63, 3.8) is 0 Å². The van der Waals surface area contributed by atoms with E-state index < -0.39 is 33.8 Å². The Morgan fingerprint density at radius 1 is 1.35 bits per heavy atom. The van der Waals surface area contributed by atoms with Crippen LogP contribution in [0.15, 0.2) is 0 Å². The predicted molar refractivity (Wildman–Crippen MR) is 74.8 cm³/mol. The third kappa shape index (κ3) is 4.07. The minimum absolute atomic E-state index is 0.204. The van der Waals surface area contributed by atoms with Gasteiger partial charge in [-0.15, -0.1) is 0 Å². The molecule has 0 spiro atoms. The third-order valence-electron chi connectivity index (χ3n) is 3.21. The van der Waals surface area contributed by atoms with Gasteiger partial charge in [-0.25, -0.2) is 13.2 Å². The van der Waals surface area contributed by atoms with E-state index in [0.717, 1.165) is 6.26 Å². The first-order valence-corrected chi connectivity index (χ1v) is 8.39. The molecule has 1 N–H and O–H groups in total. The van der Waals surface area contributed by atoms with E-state index in [1.165, 1.54) is 9.21 Å². The molecule has 0 radical (unpaired) electrons. The van der Waals surface area contributed by atoms with E-state index in [1.807, 2.05) is 0 Å². The maximum atomic E-state index is 12.1. The van der Waals surface area contributed by atoms with Gasteiger partial charge in [0.05, 0.1) is 18.9 Å². The number of sulfonamides is 1. The van der Waals surface area contributed by atoms with Crippen molar-refractivity contribution in [3.8, 4) is 0 Å². The molecule has 2 atom stereocenters. The number of ether oxygens (including phenoxy) is 1. The first kappa shape index (κ1) is 17.2. The molecule has 7 nitrogen and oxygen atoms in total. The van der Waals surface area contributed by atoms with Gasteiger partial charge in [0.15, 0.2) is 0 Å². The van der Waals surface area contributed by atoms with E-state index in [-0.39, 0.29) is 19.7 Å². The van der Waals surface area contributed by atoms with E-state index in [2.05, 4.69) is 0 Å². The lowest BCUT2D eigenvalue weighted by atomic mass is 10.1. The Kier molecular flexibility index (Phi) is 5.04. The van der Waals surface area contributed by atoms with Gasteiger partial charge in [0, 0.05) is 19.1 Å². The summed E-state index contributed by atoms with van der Waals surface area (Å²) in [6.45, 7) is 7.05. The van der Waals surface area contributed by atoms with E-state index in [4.69, 9.17) is 4.74 Å². The quantitative estimate of drug-likeness (QED) is 0.790. The number of hydrogen-bond acceptors (Lipinski definition) is 5. The SMILES string of the molecule is C[C@@H]1[C@H](CO)N(C(=O)OC(C)(C)C)CCN1S(C)(=O)=O. The van der Waals surface area contributed by atoms with Gasteiger partial charge in [-0.1, -0.05) is 0 Å². The number of aliphatic hydroxyl groups excluding tert-OH is 1. The molecule has 1 fully saturated rings. The third-order valence-corrected chi connectivity index (χ3v) is 4.58. The average molecular weight is 308 g/mol. The molecule has 0 unspecified atom stereocenters. The van der Waals surface area contributed by atoms with Gasteiger partial charge in [-0.05, 0) is 27.7 Å². The van der Waals surface area contributed by atoms with Gasteiger partial charge in [-0.2, -0.15) is 4.31 Å². The van der Waals surface area contributed by atoms with Crippen LogP contribution >= 0.6 is 0 Å². The molecule has 1 amide bonds. The second-order valence-corrected chi connectivity index (χ2v) is 7.97. The molecular formula is C12H24N2O5S. The van der Waals surface area contributed by atoms with Crippen LogP contribution in [0, 0.1) is 0 Å². The zero-order valence-electron chi connectivity index (χ0n) is 12.7. The molecule has 0 aromatic heterocycles. The molecule has 1 heterocycles. The molecule has 1 rings (SSSR count). The maximum absolute atomic E-state index is 12.1. The molecule has 0 aromatic carbocycles. The minimum Gasteiger partial charge on any atom is -0.444 e. The van der Waals surface area contributed by atoms with Crippen molar-refractivity contribution in [3.05, 3.63) is 0 Å². The molecule has 0 saturated carbocycles. The summed E-state index contributed by atoms with van der Waals surface area (Å²) in [4.78, 5) is 13.5. The summed E-state index contributed by atoms with van der Waals surface area (Å²) in [6, 6.07) is -1.09. The van der Waals surface area contributed by atoms with Crippen LogP contribution in [-0.2, 0) is 14.8 Å². The molecule has 0 aromatic rings.